The number of amides is 1. The van der Waals surface area contributed by atoms with Crippen molar-refractivity contribution in [3.8, 4) is 5.75 Å². The number of rotatable bonds is 7. The van der Waals surface area contributed by atoms with Crippen molar-refractivity contribution >= 4 is 15.7 Å². The smallest absolute Gasteiger partial charge is 0.234 e. The summed E-state index contributed by atoms with van der Waals surface area (Å²) in [6, 6.07) is 8.00. The molecule has 1 aromatic carbocycles. The molecule has 1 saturated heterocycles. The molecule has 1 aliphatic heterocycles. The molecular formula is C17H26N2O4S. The molecule has 1 atom stereocenters. The summed E-state index contributed by atoms with van der Waals surface area (Å²) in [6.07, 6.45) is 1.74. The molecule has 2 rings (SSSR count). The summed E-state index contributed by atoms with van der Waals surface area (Å²) < 4.78 is 27.9. The van der Waals surface area contributed by atoms with Crippen LogP contribution >= 0.6 is 0 Å². The fraction of sp³-hybridized carbons (Fsp3) is 0.588. The number of sulfone groups is 1. The molecule has 1 amide bonds. The quantitative estimate of drug-likeness (QED) is 0.786. The van der Waals surface area contributed by atoms with Crippen molar-refractivity contribution in [2.75, 3.05) is 38.2 Å². The van der Waals surface area contributed by atoms with Gasteiger partial charge in [-0.25, -0.2) is 8.42 Å². The van der Waals surface area contributed by atoms with Gasteiger partial charge < -0.3 is 10.1 Å². The van der Waals surface area contributed by atoms with Crippen molar-refractivity contribution in [3.05, 3.63) is 29.8 Å². The van der Waals surface area contributed by atoms with Crippen molar-refractivity contribution in [2.45, 2.75) is 25.8 Å². The molecule has 1 N–H and O–H groups in total. The van der Waals surface area contributed by atoms with Gasteiger partial charge in [0, 0.05) is 19.1 Å². The number of benzene rings is 1. The van der Waals surface area contributed by atoms with Gasteiger partial charge in [-0.3, -0.25) is 9.69 Å². The number of methoxy groups -OCH3 is 1. The van der Waals surface area contributed by atoms with Gasteiger partial charge in [0.2, 0.25) is 5.91 Å². The second kappa shape index (κ2) is 8.48. The maximum atomic E-state index is 12.1. The molecule has 1 aromatic rings. The van der Waals surface area contributed by atoms with E-state index < -0.39 is 9.84 Å². The lowest BCUT2D eigenvalue weighted by Gasteiger charge is -2.26. The molecule has 0 spiro atoms. The van der Waals surface area contributed by atoms with E-state index in [0.29, 0.717) is 13.1 Å². The molecule has 24 heavy (non-hydrogen) atoms. The molecule has 0 saturated carbocycles. The van der Waals surface area contributed by atoms with Crippen LogP contribution < -0.4 is 10.1 Å². The Balaban J connectivity index is 1.69. The standard InChI is InChI=1S/C17H26N2O4S/c1-14(3-4-15-5-7-16(23-2)8-6-15)18-17(20)13-19-9-11-24(21,22)12-10-19/h5-8,14H,3-4,9-13H2,1-2H3,(H,18,20)/t14-/m0/s1. The lowest BCUT2D eigenvalue weighted by atomic mass is 10.1. The largest absolute Gasteiger partial charge is 0.497 e. The first-order valence-electron chi connectivity index (χ1n) is 8.23. The summed E-state index contributed by atoms with van der Waals surface area (Å²) in [5.41, 5.74) is 1.21. The second-order valence-corrected chi connectivity index (χ2v) is 8.59. The van der Waals surface area contributed by atoms with Gasteiger partial charge in [-0.2, -0.15) is 0 Å². The summed E-state index contributed by atoms with van der Waals surface area (Å²) in [4.78, 5) is 14.0. The van der Waals surface area contributed by atoms with Gasteiger partial charge in [-0.15, -0.1) is 0 Å². The van der Waals surface area contributed by atoms with Crippen molar-refractivity contribution in [2.24, 2.45) is 0 Å². The topological polar surface area (TPSA) is 75.7 Å². The van der Waals surface area contributed by atoms with E-state index in [1.54, 1.807) is 7.11 Å². The summed E-state index contributed by atoms with van der Waals surface area (Å²) in [5.74, 6) is 1.08. The number of nitrogens with one attached hydrogen (secondary N) is 1. The second-order valence-electron chi connectivity index (χ2n) is 6.28. The summed E-state index contributed by atoms with van der Waals surface area (Å²) in [7, 11) is -1.26. The number of carbonyl (C=O) groups is 1. The van der Waals surface area contributed by atoms with Crippen LogP contribution in [-0.4, -0.2) is 63.5 Å². The minimum atomic E-state index is -2.90. The summed E-state index contributed by atoms with van der Waals surface area (Å²) in [5, 5.41) is 2.99. The van der Waals surface area contributed by atoms with Gasteiger partial charge in [0.05, 0.1) is 25.2 Å². The van der Waals surface area contributed by atoms with Crippen LogP contribution in [0.5, 0.6) is 5.75 Å². The van der Waals surface area contributed by atoms with Crippen LogP contribution in [0.3, 0.4) is 0 Å². The zero-order chi connectivity index (χ0) is 17.6. The first-order valence-corrected chi connectivity index (χ1v) is 10.0. The highest BCUT2D eigenvalue weighted by Crippen LogP contribution is 2.13. The maximum Gasteiger partial charge on any atom is 0.234 e. The van der Waals surface area contributed by atoms with Crippen LogP contribution in [0, 0.1) is 0 Å². The number of ether oxygens (including phenoxy) is 1. The molecule has 6 nitrogen and oxygen atoms in total. The fourth-order valence-electron chi connectivity index (χ4n) is 2.68. The highest BCUT2D eigenvalue weighted by Gasteiger charge is 2.23. The van der Waals surface area contributed by atoms with Crippen LogP contribution in [-0.2, 0) is 21.1 Å². The summed E-state index contributed by atoms with van der Waals surface area (Å²) >= 11 is 0. The van der Waals surface area contributed by atoms with Crippen LogP contribution in [0.2, 0.25) is 0 Å². The summed E-state index contributed by atoms with van der Waals surface area (Å²) in [6.45, 7) is 3.14. The van der Waals surface area contributed by atoms with Crippen molar-refractivity contribution < 1.29 is 17.9 Å². The molecule has 0 radical (unpaired) electrons. The Morgan fingerprint density at radius 2 is 1.88 bits per heavy atom. The first-order chi connectivity index (χ1) is 11.4. The van der Waals surface area contributed by atoms with Crippen LogP contribution in [0.1, 0.15) is 18.9 Å². The Hall–Kier alpha value is -1.60. The van der Waals surface area contributed by atoms with E-state index in [1.807, 2.05) is 36.1 Å². The van der Waals surface area contributed by atoms with E-state index in [-0.39, 0.29) is 30.0 Å². The molecule has 1 fully saturated rings. The highest BCUT2D eigenvalue weighted by atomic mass is 32.2. The molecule has 134 valence electrons. The molecular weight excluding hydrogens is 328 g/mol. The van der Waals surface area contributed by atoms with Gasteiger partial charge in [-0.05, 0) is 37.5 Å². The lowest BCUT2D eigenvalue weighted by Crippen LogP contribution is -2.46. The third-order valence-corrected chi connectivity index (χ3v) is 5.85. The van der Waals surface area contributed by atoms with E-state index in [0.717, 1.165) is 18.6 Å². The monoisotopic (exact) mass is 354 g/mol. The molecule has 0 bridgehead atoms. The minimum absolute atomic E-state index is 0.0449. The molecule has 0 aliphatic carbocycles. The lowest BCUT2D eigenvalue weighted by molar-refractivity contribution is -0.122. The van der Waals surface area contributed by atoms with Gasteiger partial charge in [0.25, 0.3) is 0 Å². The van der Waals surface area contributed by atoms with Crippen molar-refractivity contribution in [1.29, 1.82) is 0 Å². The third-order valence-electron chi connectivity index (χ3n) is 4.24. The first kappa shape index (κ1) is 18.7. The normalized spacial score (nSPS) is 18.8. The Morgan fingerprint density at radius 1 is 1.25 bits per heavy atom. The van der Waals surface area contributed by atoms with Crippen molar-refractivity contribution in [3.63, 3.8) is 0 Å². The van der Waals surface area contributed by atoms with E-state index in [1.165, 1.54) is 5.56 Å². The number of carbonyl (C=O) groups excluding carboxylic acids is 1. The zero-order valence-corrected chi connectivity index (χ0v) is 15.1. The van der Waals surface area contributed by atoms with E-state index in [4.69, 9.17) is 4.74 Å². The van der Waals surface area contributed by atoms with Gasteiger partial charge in [0.15, 0.2) is 9.84 Å². The fourth-order valence-corrected chi connectivity index (χ4v) is 3.96. The highest BCUT2D eigenvalue weighted by molar-refractivity contribution is 7.91. The molecule has 7 heteroatoms. The minimum Gasteiger partial charge on any atom is -0.497 e. The average Bonchev–Trinajstić information content (AvgIpc) is 2.55. The van der Waals surface area contributed by atoms with Crippen LogP contribution in [0.4, 0.5) is 0 Å². The van der Waals surface area contributed by atoms with Gasteiger partial charge in [0.1, 0.15) is 5.75 Å². The number of hydrogen-bond donors (Lipinski definition) is 1. The maximum absolute atomic E-state index is 12.1. The predicted octanol–water partition coefficient (Wildman–Crippen LogP) is 0.863. The van der Waals surface area contributed by atoms with E-state index in [9.17, 15) is 13.2 Å². The number of aryl methyl sites for hydroxylation is 1. The SMILES string of the molecule is COc1ccc(CC[C@H](C)NC(=O)CN2CCS(=O)(=O)CC2)cc1. The van der Waals surface area contributed by atoms with Gasteiger partial charge in [-0.1, -0.05) is 12.1 Å². The van der Waals surface area contributed by atoms with Gasteiger partial charge >= 0.3 is 0 Å². The Morgan fingerprint density at radius 3 is 2.46 bits per heavy atom. The number of nitrogens with zero attached hydrogens (tertiary/aromatic N) is 1. The zero-order valence-electron chi connectivity index (χ0n) is 14.3. The molecule has 1 heterocycles. The molecule has 1 aliphatic rings. The van der Waals surface area contributed by atoms with Crippen LogP contribution in [0.15, 0.2) is 24.3 Å². The molecule has 0 aromatic heterocycles. The Labute approximate surface area is 144 Å². The molecule has 0 unspecified atom stereocenters. The van der Waals surface area contributed by atoms with E-state index in [2.05, 4.69) is 5.32 Å². The number of hydrogen-bond acceptors (Lipinski definition) is 5. The predicted molar refractivity (Wildman–Crippen MR) is 94.0 cm³/mol. The Kier molecular flexibility index (Phi) is 6.62. The van der Waals surface area contributed by atoms with Crippen molar-refractivity contribution in [1.82, 2.24) is 10.2 Å². The third kappa shape index (κ3) is 6.13. The average molecular weight is 354 g/mol. The van der Waals surface area contributed by atoms with Crippen LogP contribution in [0.25, 0.3) is 0 Å². The Bertz CT molecular complexity index is 629. The van der Waals surface area contributed by atoms with E-state index >= 15 is 0 Å².